The van der Waals surface area contributed by atoms with Crippen molar-refractivity contribution < 1.29 is 0 Å². The van der Waals surface area contributed by atoms with Crippen LogP contribution in [0.2, 0.25) is 0 Å². The van der Waals surface area contributed by atoms with Crippen molar-refractivity contribution in [3.63, 3.8) is 0 Å². The fourth-order valence-electron chi connectivity index (χ4n) is 1.47. The molecule has 11 heavy (non-hydrogen) atoms. The lowest BCUT2D eigenvalue weighted by Gasteiger charge is -2.34. The van der Waals surface area contributed by atoms with Crippen LogP contribution in [0.1, 0.15) is 27.7 Å². The average Bonchev–Trinajstić information content (AvgIpc) is 1.84. The lowest BCUT2D eigenvalue weighted by Crippen LogP contribution is -2.44. The molecule has 0 saturated heterocycles. The van der Waals surface area contributed by atoms with E-state index in [1.54, 1.807) is 0 Å². The summed E-state index contributed by atoms with van der Waals surface area (Å²) in [6.45, 7) is 8.48. The second-order valence-corrected chi connectivity index (χ2v) is 3.81. The van der Waals surface area contributed by atoms with Gasteiger partial charge in [0.25, 0.3) is 0 Å². The molecule has 2 unspecified atom stereocenters. The molecular formula is C10H17N. The van der Waals surface area contributed by atoms with Crippen LogP contribution in [-0.4, -0.2) is 5.54 Å². The molecule has 0 saturated carbocycles. The van der Waals surface area contributed by atoms with Crippen LogP contribution in [0, 0.1) is 5.92 Å². The van der Waals surface area contributed by atoms with Crippen LogP contribution >= 0.6 is 0 Å². The molecule has 0 aliphatic heterocycles. The first-order valence-corrected chi connectivity index (χ1v) is 4.10. The SMILES string of the molecule is CC1=CC(C)C(C)(N)C(C)=C1. The first kappa shape index (κ1) is 8.54. The first-order valence-electron chi connectivity index (χ1n) is 4.10. The van der Waals surface area contributed by atoms with Gasteiger partial charge < -0.3 is 5.73 Å². The number of hydrogen-bond acceptors (Lipinski definition) is 1. The van der Waals surface area contributed by atoms with E-state index in [9.17, 15) is 0 Å². The van der Waals surface area contributed by atoms with Gasteiger partial charge in [-0.3, -0.25) is 0 Å². The summed E-state index contributed by atoms with van der Waals surface area (Å²) < 4.78 is 0. The van der Waals surface area contributed by atoms with Gasteiger partial charge in [0.1, 0.15) is 0 Å². The van der Waals surface area contributed by atoms with Crippen LogP contribution in [-0.2, 0) is 0 Å². The molecule has 2 atom stereocenters. The molecule has 1 heteroatoms. The highest BCUT2D eigenvalue weighted by Gasteiger charge is 2.28. The Labute approximate surface area is 69.0 Å². The predicted molar refractivity (Wildman–Crippen MR) is 49.3 cm³/mol. The summed E-state index contributed by atoms with van der Waals surface area (Å²) in [5.74, 6) is 0.451. The monoisotopic (exact) mass is 151 g/mol. The van der Waals surface area contributed by atoms with Gasteiger partial charge >= 0.3 is 0 Å². The van der Waals surface area contributed by atoms with Gasteiger partial charge in [0.05, 0.1) is 0 Å². The molecule has 0 bridgehead atoms. The van der Waals surface area contributed by atoms with Gasteiger partial charge in [0, 0.05) is 5.54 Å². The Bertz CT molecular complexity index is 221. The highest BCUT2D eigenvalue weighted by molar-refractivity contribution is 5.34. The fraction of sp³-hybridized carbons (Fsp3) is 0.600. The molecule has 62 valence electrons. The Morgan fingerprint density at radius 1 is 1.45 bits per heavy atom. The van der Waals surface area contributed by atoms with E-state index in [1.807, 2.05) is 0 Å². The third kappa shape index (κ3) is 1.38. The van der Waals surface area contributed by atoms with E-state index in [1.165, 1.54) is 11.1 Å². The minimum absolute atomic E-state index is 0.139. The van der Waals surface area contributed by atoms with Gasteiger partial charge in [-0.1, -0.05) is 30.2 Å². The molecule has 0 aromatic heterocycles. The summed E-state index contributed by atoms with van der Waals surface area (Å²) in [6, 6.07) is 0. The Balaban J connectivity index is 3.01. The van der Waals surface area contributed by atoms with Crippen molar-refractivity contribution in [1.82, 2.24) is 0 Å². The minimum Gasteiger partial charge on any atom is -0.321 e. The zero-order valence-electron chi connectivity index (χ0n) is 7.81. The molecule has 0 heterocycles. The maximum atomic E-state index is 6.11. The number of allylic oxidation sites excluding steroid dienone is 2. The molecule has 1 rings (SSSR count). The Hall–Kier alpha value is -0.560. The summed E-state index contributed by atoms with van der Waals surface area (Å²) in [4.78, 5) is 0. The van der Waals surface area contributed by atoms with Gasteiger partial charge in [-0.2, -0.15) is 0 Å². The topological polar surface area (TPSA) is 26.0 Å². The van der Waals surface area contributed by atoms with Crippen molar-refractivity contribution in [3.05, 3.63) is 23.3 Å². The average molecular weight is 151 g/mol. The van der Waals surface area contributed by atoms with Gasteiger partial charge in [0.2, 0.25) is 0 Å². The van der Waals surface area contributed by atoms with E-state index in [4.69, 9.17) is 5.73 Å². The van der Waals surface area contributed by atoms with E-state index in [-0.39, 0.29) is 5.54 Å². The smallest absolute Gasteiger partial charge is 0.0401 e. The zero-order chi connectivity index (χ0) is 8.65. The molecular weight excluding hydrogens is 134 g/mol. The molecule has 0 aromatic carbocycles. The molecule has 0 spiro atoms. The fourth-order valence-corrected chi connectivity index (χ4v) is 1.47. The van der Waals surface area contributed by atoms with Crippen molar-refractivity contribution in [2.45, 2.75) is 33.2 Å². The Morgan fingerprint density at radius 2 is 2.00 bits per heavy atom. The van der Waals surface area contributed by atoms with E-state index in [0.717, 1.165) is 0 Å². The summed E-state index contributed by atoms with van der Waals surface area (Å²) in [7, 11) is 0. The normalized spacial score (nSPS) is 38.1. The number of nitrogens with two attached hydrogens (primary N) is 1. The van der Waals surface area contributed by atoms with Gasteiger partial charge in [0.15, 0.2) is 0 Å². The van der Waals surface area contributed by atoms with E-state index in [0.29, 0.717) is 5.92 Å². The van der Waals surface area contributed by atoms with E-state index in [2.05, 4.69) is 39.8 Å². The summed E-state index contributed by atoms with van der Waals surface area (Å²) >= 11 is 0. The van der Waals surface area contributed by atoms with Gasteiger partial charge in [-0.15, -0.1) is 0 Å². The summed E-state index contributed by atoms with van der Waals surface area (Å²) in [5, 5.41) is 0. The molecule has 1 aliphatic carbocycles. The molecule has 2 N–H and O–H groups in total. The number of rotatable bonds is 0. The standard InChI is InChI=1S/C10H17N/c1-7-5-8(2)10(4,11)9(3)6-7/h5-6,8H,11H2,1-4H3. The second kappa shape index (κ2) is 2.49. The lowest BCUT2D eigenvalue weighted by atomic mass is 9.77. The molecule has 0 aromatic rings. The van der Waals surface area contributed by atoms with Crippen LogP contribution < -0.4 is 5.73 Å². The van der Waals surface area contributed by atoms with Crippen molar-refractivity contribution in [3.8, 4) is 0 Å². The zero-order valence-corrected chi connectivity index (χ0v) is 7.81. The Kier molecular flexibility index (Phi) is 1.93. The van der Waals surface area contributed by atoms with Crippen molar-refractivity contribution >= 4 is 0 Å². The van der Waals surface area contributed by atoms with Crippen LogP contribution in [0.3, 0.4) is 0 Å². The minimum atomic E-state index is -0.139. The highest BCUT2D eigenvalue weighted by atomic mass is 14.7. The quantitative estimate of drug-likeness (QED) is 0.564. The van der Waals surface area contributed by atoms with Crippen molar-refractivity contribution in [2.24, 2.45) is 11.7 Å². The Morgan fingerprint density at radius 3 is 2.45 bits per heavy atom. The van der Waals surface area contributed by atoms with Crippen LogP contribution in [0.4, 0.5) is 0 Å². The van der Waals surface area contributed by atoms with Crippen molar-refractivity contribution in [2.75, 3.05) is 0 Å². The predicted octanol–water partition coefficient (Wildman–Crippen LogP) is 2.25. The van der Waals surface area contributed by atoms with Crippen LogP contribution in [0.5, 0.6) is 0 Å². The maximum Gasteiger partial charge on any atom is 0.0401 e. The first-order chi connectivity index (χ1) is 4.94. The second-order valence-electron chi connectivity index (χ2n) is 3.81. The van der Waals surface area contributed by atoms with Gasteiger partial charge in [-0.05, 0) is 26.7 Å². The summed E-state index contributed by atoms with van der Waals surface area (Å²) in [6.07, 6.45) is 4.40. The summed E-state index contributed by atoms with van der Waals surface area (Å²) in [5.41, 5.74) is 8.59. The molecule has 1 nitrogen and oxygen atoms in total. The van der Waals surface area contributed by atoms with Crippen LogP contribution in [0.15, 0.2) is 23.3 Å². The molecule has 0 amide bonds. The van der Waals surface area contributed by atoms with E-state index >= 15 is 0 Å². The third-order valence-corrected chi connectivity index (χ3v) is 2.75. The largest absolute Gasteiger partial charge is 0.321 e. The molecule has 0 radical (unpaired) electrons. The van der Waals surface area contributed by atoms with Crippen LogP contribution in [0.25, 0.3) is 0 Å². The number of hydrogen-bond donors (Lipinski definition) is 1. The highest BCUT2D eigenvalue weighted by Crippen LogP contribution is 2.29. The third-order valence-electron chi connectivity index (χ3n) is 2.75. The maximum absolute atomic E-state index is 6.11. The van der Waals surface area contributed by atoms with E-state index < -0.39 is 0 Å². The molecule has 0 fully saturated rings. The van der Waals surface area contributed by atoms with Crippen molar-refractivity contribution in [1.29, 1.82) is 0 Å². The van der Waals surface area contributed by atoms with Gasteiger partial charge in [-0.25, -0.2) is 0 Å². The molecule has 1 aliphatic rings. The lowest BCUT2D eigenvalue weighted by molar-refractivity contribution is 0.427.